The molecule has 2 bridgehead atoms. The highest BCUT2D eigenvalue weighted by atomic mass is 35.5. The smallest absolute Gasteiger partial charge is 0.0666 e. The summed E-state index contributed by atoms with van der Waals surface area (Å²) in [6.07, 6.45) is 2.67. The number of aryl methyl sites for hydroxylation is 1. The predicted molar refractivity (Wildman–Crippen MR) is 72.8 cm³/mol. The second kappa shape index (κ2) is 4.51. The first-order chi connectivity index (χ1) is 8.24. The van der Waals surface area contributed by atoms with E-state index in [1.54, 1.807) is 0 Å². The summed E-state index contributed by atoms with van der Waals surface area (Å²) in [7, 11) is 0. The number of fused-ring (bicyclic) bond motifs is 3. The van der Waals surface area contributed by atoms with Crippen LogP contribution in [0.2, 0.25) is 5.02 Å². The third kappa shape index (κ3) is 2.16. The van der Waals surface area contributed by atoms with Gasteiger partial charge in [-0.05, 0) is 50.4 Å². The fourth-order valence-electron chi connectivity index (χ4n) is 3.09. The number of halogens is 1. The van der Waals surface area contributed by atoms with Crippen molar-refractivity contribution in [1.82, 2.24) is 4.90 Å². The molecule has 0 amide bonds. The predicted octanol–water partition coefficient (Wildman–Crippen LogP) is 3.15. The third-order valence-corrected chi connectivity index (χ3v) is 4.69. The van der Waals surface area contributed by atoms with Crippen LogP contribution in [0.1, 0.15) is 18.4 Å². The molecular weight excluding hydrogens is 232 g/mol. The zero-order valence-electron chi connectivity index (χ0n) is 10.2. The summed E-state index contributed by atoms with van der Waals surface area (Å²) in [6, 6.07) is 6.80. The van der Waals surface area contributed by atoms with Gasteiger partial charge in [-0.2, -0.15) is 0 Å². The number of hydrogen-bond acceptors (Lipinski definition) is 2. The molecule has 3 heteroatoms. The van der Waals surface area contributed by atoms with Crippen LogP contribution in [0.25, 0.3) is 0 Å². The molecule has 3 aliphatic heterocycles. The summed E-state index contributed by atoms with van der Waals surface area (Å²) in [4.78, 5) is 2.56. The quantitative estimate of drug-likeness (QED) is 0.868. The van der Waals surface area contributed by atoms with Crippen molar-refractivity contribution in [2.45, 2.75) is 25.8 Å². The lowest BCUT2D eigenvalue weighted by molar-refractivity contribution is 0.0975. The first-order valence-corrected chi connectivity index (χ1v) is 6.86. The van der Waals surface area contributed by atoms with Gasteiger partial charge in [0.1, 0.15) is 0 Å². The minimum Gasteiger partial charge on any atom is -0.380 e. The summed E-state index contributed by atoms with van der Waals surface area (Å²) in [6.45, 7) is 5.80. The molecule has 0 radical (unpaired) electrons. The van der Waals surface area contributed by atoms with Gasteiger partial charge in [-0.3, -0.25) is 0 Å². The van der Waals surface area contributed by atoms with E-state index >= 15 is 0 Å². The van der Waals surface area contributed by atoms with E-state index in [4.69, 9.17) is 11.6 Å². The van der Waals surface area contributed by atoms with E-state index in [1.165, 1.54) is 32.5 Å². The summed E-state index contributed by atoms with van der Waals surface area (Å²) in [5.41, 5.74) is 2.25. The molecule has 1 unspecified atom stereocenters. The van der Waals surface area contributed by atoms with Crippen molar-refractivity contribution < 1.29 is 0 Å². The van der Waals surface area contributed by atoms with Gasteiger partial charge in [0.2, 0.25) is 0 Å². The second-order valence-corrected chi connectivity index (χ2v) is 5.70. The Morgan fingerprint density at radius 2 is 2.06 bits per heavy atom. The van der Waals surface area contributed by atoms with Crippen LogP contribution in [0.3, 0.4) is 0 Å². The number of nitrogens with zero attached hydrogens (tertiary/aromatic N) is 1. The van der Waals surface area contributed by atoms with Crippen molar-refractivity contribution >= 4 is 17.3 Å². The van der Waals surface area contributed by atoms with E-state index in [0.29, 0.717) is 6.04 Å². The van der Waals surface area contributed by atoms with Crippen molar-refractivity contribution in [1.29, 1.82) is 0 Å². The number of anilines is 1. The molecule has 1 aromatic carbocycles. The van der Waals surface area contributed by atoms with Gasteiger partial charge >= 0.3 is 0 Å². The standard InChI is InChI=1S/C14H19ClN2/c1-10-3-2-4-12(14(10)15)16-13-9-17-7-5-11(13)6-8-17/h2-4,11,13,16H,5-9H2,1H3. The second-order valence-electron chi connectivity index (χ2n) is 5.33. The highest BCUT2D eigenvalue weighted by molar-refractivity contribution is 6.34. The van der Waals surface area contributed by atoms with E-state index < -0.39 is 0 Å². The maximum atomic E-state index is 6.34. The van der Waals surface area contributed by atoms with E-state index in [2.05, 4.69) is 35.3 Å². The van der Waals surface area contributed by atoms with Gasteiger partial charge in [-0.25, -0.2) is 0 Å². The van der Waals surface area contributed by atoms with Crippen LogP contribution >= 0.6 is 11.6 Å². The Bertz CT molecular complexity index is 411. The summed E-state index contributed by atoms with van der Waals surface area (Å²) in [5.74, 6) is 0.830. The highest BCUT2D eigenvalue weighted by Gasteiger charge is 2.34. The average Bonchev–Trinajstić information content (AvgIpc) is 2.36. The largest absolute Gasteiger partial charge is 0.380 e. The number of nitrogens with one attached hydrogen (secondary N) is 1. The van der Waals surface area contributed by atoms with Gasteiger partial charge in [0, 0.05) is 12.6 Å². The molecule has 3 fully saturated rings. The Morgan fingerprint density at radius 1 is 1.29 bits per heavy atom. The van der Waals surface area contributed by atoms with Gasteiger partial charge in [0.05, 0.1) is 10.7 Å². The number of benzene rings is 1. The molecule has 2 nitrogen and oxygen atoms in total. The molecule has 4 rings (SSSR count). The Labute approximate surface area is 108 Å². The van der Waals surface area contributed by atoms with Crippen molar-refractivity contribution in [2.75, 3.05) is 25.0 Å². The first kappa shape index (κ1) is 11.4. The van der Waals surface area contributed by atoms with E-state index in [9.17, 15) is 0 Å². The lowest BCUT2D eigenvalue weighted by Crippen LogP contribution is -2.53. The molecule has 92 valence electrons. The number of hydrogen-bond donors (Lipinski definition) is 1. The Morgan fingerprint density at radius 3 is 2.71 bits per heavy atom. The molecule has 1 atom stereocenters. The minimum atomic E-state index is 0.580. The van der Waals surface area contributed by atoms with E-state index in [1.807, 2.05) is 0 Å². The maximum absolute atomic E-state index is 6.34. The van der Waals surface area contributed by atoms with Gasteiger partial charge < -0.3 is 10.2 Å². The normalized spacial score (nSPS) is 31.5. The average molecular weight is 251 g/mol. The Hall–Kier alpha value is -0.730. The minimum absolute atomic E-state index is 0.580. The van der Waals surface area contributed by atoms with Crippen LogP contribution in [0, 0.1) is 12.8 Å². The van der Waals surface area contributed by atoms with Crippen molar-refractivity contribution in [3.63, 3.8) is 0 Å². The topological polar surface area (TPSA) is 15.3 Å². The molecule has 0 aliphatic carbocycles. The van der Waals surface area contributed by atoms with Crippen molar-refractivity contribution in [3.05, 3.63) is 28.8 Å². The van der Waals surface area contributed by atoms with Crippen LogP contribution in [0.5, 0.6) is 0 Å². The lowest BCUT2D eigenvalue weighted by atomic mass is 9.84. The molecule has 3 saturated heterocycles. The molecule has 3 aliphatic rings. The molecular formula is C14H19ClN2. The first-order valence-electron chi connectivity index (χ1n) is 6.48. The maximum Gasteiger partial charge on any atom is 0.0666 e. The highest BCUT2D eigenvalue weighted by Crippen LogP contribution is 2.32. The monoisotopic (exact) mass is 250 g/mol. The zero-order chi connectivity index (χ0) is 11.8. The molecule has 0 saturated carbocycles. The zero-order valence-corrected chi connectivity index (χ0v) is 11.0. The molecule has 1 aromatic rings. The van der Waals surface area contributed by atoms with Crippen LogP contribution < -0.4 is 5.32 Å². The summed E-state index contributed by atoms with van der Waals surface area (Å²) >= 11 is 6.34. The molecule has 0 spiro atoms. The number of rotatable bonds is 2. The molecule has 1 N–H and O–H groups in total. The Kier molecular flexibility index (Phi) is 3.01. The van der Waals surface area contributed by atoms with Gasteiger partial charge in [-0.1, -0.05) is 23.7 Å². The third-order valence-electron chi connectivity index (χ3n) is 4.19. The van der Waals surface area contributed by atoms with Crippen molar-refractivity contribution in [2.24, 2.45) is 5.92 Å². The fourth-order valence-corrected chi connectivity index (χ4v) is 3.27. The Balaban J connectivity index is 1.76. The van der Waals surface area contributed by atoms with Crippen LogP contribution in [-0.2, 0) is 0 Å². The van der Waals surface area contributed by atoms with Crippen LogP contribution in [-0.4, -0.2) is 30.6 Å². The summed E-state index contributed by atoms with van der Waals surface area (Å²) < 4.78 is 0. The number of piperidine rings is 3. The van der Waals surface area contributed by atoms with E-state index in [-0.39, 0.29) is 0 Å². The fraction of sp³-hybridized carbons (Fsp3) is 0.571. The van der Waals surface area contributed by atoms with Gasteiger partial charge in [0.25, 0.3) is 0 Å². The summed E-state index contributed by atoms with van der Waals surface area (Å²) in [5, 5.41) is 4.53. The van der Waals surface area contributed by atoms with Gasteiger partial charge in [-0.15, -0.1) is 0 Å². The molecule has 3 heterocycles. The van der Waals surface area contributed by atoms with Gasteiger partial charge in [0.15, 0.2) is 0 Å². The lowest BCUT2D eigenvalue weighted by Gasteiger charge is -2.45. The van der Waals surface area contributed by atoms with Crippen LogP contribution in [0.4, 0.5) is 5.69 Å². The van der Waals surface area contributed by atoms with E-state index in [0.717, 1.165) is 22.2 Å². The SMILES string of the molecule is Cc1cccc(NC2CN3CCC2CC3)c1Cl. The van der Waals surface area contributed by atoms with Crippen LogP contribution in [0.15, 0.2) is 18.2 Å². The van der Waals surface area contributed by atoms with Crippen molar-refractivity contribution in [3.8, 4) is 0 Å². The molecule has 0 aromatic heterocycles. The molecule has 17 heavy (non-hydrogen) atoms.